The Morgan fingerprint density at radius 2 is 0.500 bits per heavy atom. The molecule has 7 nitrogen and oxygen atoms in total. The van der Waals surface area contributed by atoms with Crippen molar-refractivity contribution in [3.63, 3.8) is 0 Å². The molecule has 0 atom stereocenters. The van der Waals surface area contributed by atoms with Crippen molar-refractivity contribution < 1.29 is 14.3 Å². The Labute approximate surface area is 470 Å². The number of rotatable bonds is 17. The van der Waals surface area contributed by atoms with E-state index in [1.165, 1.54) is 22.3 Å². The Kier molecular flexibility index (Phi) is 15.1. The summed E-state index contributed by atoms with van der Waals surface area (Å²) < 4.78 is 12.3. The van der Waals surface area contributed by atoms with Crippen molar-refractivity contribution in [2.45, 2.75) is 34.6 Å². The average molecular weight is 1040 g/mol. The normalized spacial score (nSPS) is 10.9. The number of aryl methyl sites for hydroxylation is 5. The number of hydrogen-bond acceptors (Lipinski definition) is 7. The molecular formula is C73H62N4O3. The van der Waals surface area contributed by atoms with Gasteiger partial charge in [-0.25, -0.2) is 0 Å². The van der Waals surface area contributed by atoms with Crippen molar-refractivity contribution in [3.05, 3.63) is 306 Å². The first-order valence-electron chi connectivity index (χ1n) is 26.9. The zero-order valence-corrected chi connectivity index (χ0v) is 45.9. The predicted molar refractivity (Wildman–Crippen MR) is 332 cm³/mol. The van der Waals surface area contributed by atoms with Crippen LogP contribution < -0.4 is 29.1 Å². The zero-order chi connectivity index (χ0) is 55.1. The third kappa shape index (κ3) is 11.6. The molecule has 0 saturated carbocycles. The van der Waals surface area contributed by atoms with Crippen LogP contribution in [0.2, 0.25) is 0 Å². The monoisotopic (exact) mass is 1040 g/mol. The highest BCUT2D eigenvalue weighted by Crippen LogP contribution is 2.44. The van der Waals surface area contributed by atoms with E-state index in [-0.39, 0.29) is 5.78 Å². The van der Waals surface area contributed by atoms with Crippen LogP contribution in [-0.4, -0.2) is 12.9 Å². The van der Waals surface area contributed by atoms with Crippen molar-refractivity contribution in [1.29, 1.82) is 0 Å². The van der Waals surface area contributed by atoms with Gasteiger partial charge in [-0.1, -0.05) is 113 Å². The molecule has 0 spiro atoms. The summed E-state index contributed by atoms with van der Waals surface area (Å²) >= 11 is 0. The van der Waals surface area contributed by atoms with Crippen molar-refractivity contribution in [3.8, 4) is 17.2 Å². The lowest BCUT2D eigenvalue weighted by atomic mass is 10.0. The Bertz CT molecular complexity index is 3770. The van der Waals surface area contributed by atoms with Crippen LogP contribution in [0, 0.1) is 34.6 Å². The molecule has 392 valence electrons. The first-order chi connectivity index (χ1) is 39.0. The van der Waals surface area contributed by atoms with Crippen LogP contribution in [0.25, 0.3) is 0 Å². The van der Waals surface area contributed by atoms with E-state index in [2.05, 4.69) is 241 Å². The molecule has 0 fully saturated rings. The fourth-order valence-corrected chi connectivity index (χ4v) is 9.93. The second-order valence-electron chi connectivity index (χ2n) is 20.3. The van der Waals surface area contributed by atoms with Crippen LogP contribution in [0.1, 0.15) is 43.7 Å². The van der Waals surface area contributed by atoms with Gasteiger partial charge in [0.05, 0.1) is 7.11 Å². The smallest absolute Gasteiger partial charge is 0.193 e. The summed E-state index contributed by atoms with van der Waals surface area (Å²) in [6.07, 6.45) is 0. The van der Waals surface area contributed by atoms with Crippen molar-refractivity contribution in [2.24, 2.45) is 0 Å². The summed E-state index contributed by atoms with van der Waals surface area (Å²) in [5.74, 6) is 2.01. The molecule has 0 N–H and O–H groups in total. The van der Waals surface area contributed by atoms with Crippen molar-refractivity contribution in [1.82, 2.24) is 0 Å². The maximum Gasteiger partial charge on any atom is 0.193 e. The van der Waals surface area contributed by atoms with E-state index in [0.717, 1.165) is 79.6 Å². The van der Waals surface area contributed by atoms with Crippen LogP contribution in [0.15, 0.2) is 267 Å². The van der Waals surface area contributed by atoms with E-state index >= 15 is 0 Å². The van der Waals surface area contributed by atoms with Crippen molar-refractivity contribution >= 4 is 74.0 Å². The molecule has 80 heavy (non-hydrogen) atoms. The van der Waals surface area contributed by atoms with Crippen molar-refractivity contribution in [2.75, 3.05) is 26.7 Å². The molecule has 0 saturated heterocycles. The first kappa shape index (κ1) is 52.0. The lowest BCUT2D eigenvalue weighted by Crippen LogP contribution is -2.13. The molecule has 0 aromatic heterocycles. The van der Waals surface area contributed by atoms with Gasteiger partial charge in [-0.3, -0.25) is 4.79 Å². The van der Waals surface area contributed by atoms with Gasteiger partial charge in [0.1, 0.15) is 17.2 Å². The molecule has 11 aromatic carbocycles. The summed E-state index contributed by atoms with van der Waals surface area (Å²) in [5, 5.41) is 0. The van der Waals surface area contributed by atoms with Gasteiger partial charge in [0.2, 0.25) is 0 Å². The SMILES string of the molecule is COc1cccc(N(c2ccc(N(c3ccc(C)cc3)c3ccc(C)cc3)cc2)c2ccc(N(c3ccc(N(c4ccc(C)cc4)c4ccc(C)cc4)cc3)c3cccc(Oc4ccc(C(=O)c5ccc(C)cc5)cc4)c3)cc2)c1. The topological polar surface area (TPSA) is 48.5 Å². The lowest BCUT2D eigenvalue weighted by molar-refractivity contribution is 0.103. The minimum atomic E-state index is -0.0317. The number of carbonyl (C=O) groups excluding carboxylic acids is 1. The second kappa shape index (κ2) is 23.2. The Morgan fingerprint density at radius 3 is 0.800 bits per heavy atom. The van der Waals surface area contributed by atoms with Gasteiger partial charge in [-0.05, 0) is 204 Å². The summed E-state index contributed by atoms with van der Waals surface area (Å²) in [4.78, 5) is 22.4. The number of anilines is 12. The minimum Gasteiger partial charge on any atom is -0.497 e. The Morgan fingerprint density at radius 1 is 0.263 bits per heavy atom. The molecule has 7 heteroatoms. The quantitative estimate of drug-likeness (QED) is 0.0842. The third-order valence-corrected chi connectivity index (χ3v) is 14.3. The highest BCUT2D eigenvalue weighted by Gasteiger charge is 2.21. The third-order valence-electron chi connectivity index (χ3n) is 14.3. The number of ether oxygens (including phenoxy) is 2. The molecule has 0 aliphatic carbocycles. The standard InChI is InChI=1S/C73H62N4O3/c1-51-13-23-56(24-14-51)73(78)57-25-47-70(48-26-57)80-72-12-8-10-69(50-72)77(66-41-37-63(38-42-66)75(60-31-19-54(4)20-32-60)61-33-21-55(5)22-34-61)67-45-43-65(44-46-67)76(68-9-7-11-71(49-68)79-6)64-39-35-62(36-40-64)74(58-27-15-52(2)16-28-58)59-29-17-53(3)18-30-59/h7-50H,1-6H3. The zero-order valence-electron chi connectivity index (χ0n) is 45.9. The van der Waals surface area contributed by atoms with E-state index in [4.69, 9.17) is 9.47 Å². The summed E-state index contributed by atoms with van der Waals surface area (Å²) in [6, 6.07) is 92.1. The van der Waals surface area contributed by atoms with Gasteiger partial charge in [0.25, 0.3) is 0 Å². The number of nitrogens with zero attached hydrogens (tertiary/aromatic N) is 4. The largest absolute Gasteiger partial charge is 0.497 e. The summed E-state index contributed by atoms with van der Waals surface area (Å²) in [7, 11) is 1.70. The minimum absolute atomic E-state index is 0.0317. The predicted octanol–water partition coefficient (Wildman–Crippen LogP) is 20.1. The van der Waals surface area contributed by atoms with E-state index in [9.17, 15) is 4.79 Å². The van der Waals surface area contributed by atoms with Crippen LogP contribution in [0.4, 0.5) is 68.2 Å². The number of hydrogen-bond donors (Lipinski definition) is 0. The molecule has 0 amide bonds. The van der Waals surface area contributed by atoms with Gasteiger partial charge in [0.15, 0.2) is 5.78 Å². The van der Waals surface area contributed by atoms with Gasteiger partial charge >= 0.3 is 0 Å². The molecule has 0 unspecified atom stereocenters. The van der Waals surface area contributed by atoms with E-state index < -0.39 is 0 Å². The first-order valence-corrected chi connectivity index (χ1v) is 26.9. The maximum atomic E-state index is 13.4. The molecule has 0 aliphatic heterocycles. The van der Waals surface area contributed by atoms with Gasteiger partial charge in [0, 0.05) is 91.5 Å². The molecule has 0 aliphatic rings. The van der Waals surface area contributed by atoms with Crippen LogP contribution >= 0.6 is 0 Å². The maximum absolute atomic E-state index is 13.4. The van der Waals surface area contributed by atoms with Gasteiger partial charge in [-0.15, -0.1) is 0 Å². The fraction of sp³-hybridized carbons (Fsp3) is 0.0822. The number of carbonyl (C=O) groups is 1. The van der Waals surface area contributed by atoms with Crippen LogP contribution in [-0.2, 0) is 0 Å². The van der Waals surface area contributed by atoms with Crippen LogP contribution in [0.3, 0.4) is 0 Å². The van der Waals surface area contributed by atoms with Gasteiger partial charge in [-0.2, -0.15) is 0 Å². The molecule has 0 radical (unpaired) electrons. The lowest BCUT2D eigenvalue weighted by Gasteiger charge is -2.30. The molecular weight excluding hydrogens is 981 g/mol. The molecule has 11 rings (SSSR count). The van der Waals surface area contributed by atoms with E-state index in [0.29, 0.717) is 22.6 Å². The fourth-order valence-electron chi connectivity index (χ4n) is 9.93. The summed E-state index contributed by atoms with van der Waals surface area (Å²) in [5.41, 5.74) is 19.3. The molecule has 11 aromatic rings. The molecule has 0 bridgehead atoms. The molecule has 0 heterocycles. The Hall–Kier alpha value is -10.1. The highest BCUT2D eigenvalue weighted by molar-refractivity contribution is 6.09. The summed E-state index contributed by atoms with van der Waals surface area (Å²) in [6.45, 7) is 10.5. The Balaban J connectivity index is 0.964. The highest BCUT2D eigenvalue weighted by atomic mass is 16.5. The number of benzene rings is 11. The number of methoxy groups -OCH3 is 1. The number of ketones is 1. The van der Waals surface area contributed by atoms with Crippen LogP contribution in [0.5, 0.6) is 17.2 Å². The van der Waals surface area contributed by atoms with E-state index in [1.54, 1.807) is 7.11 Å². The van der Waals surface area contributed by atoms with E-state index in [1.807, 2.05) is 79.7 Å². The average Bonchev–Trinajstić information content (AvgIpc) is 3.50. The van der Waals surface area contributed by atoms with Gasteiger partial charge < -0.3 is 29.1 Å². The second-order valence-corrected chi connectivity index (χ2v) is 20.3.